The molecule has 1 unspecified atom stereocenters. The first-order valence-corrected chi connectivity index (χ1v) is 12.5. The van der Waals surface area contributed by atoms with Crippen molar-refractivity contribution in [2.75, 3.05) is 17.7 Å². The van der Waals surface area contributed by atoms with Gasteiger partial charge in [0.1, 0.15) is 5.92 Å². The topological polar surface area (TPSA) is 111 Å². The minimum Gasteiger partial charge on any atom is -0.465 e. The van der Waals surface area contributed by atoms with Crippen LogP contribution in [-0.2, 0) is 20.9 Å². The van der Waals surface area contributed by atoms with Crippen LogP contribution in [0.15, 0.2) is 65.3 Å². The van der Waals surface area contributed by atoms with Gasteiger partial charge in [-0.05, 0) is 61.2 Å². The number of hydrazine groups is 1. The van der Waals surface area contributed by atoms with Crippen molar-refractivity contribution in [3.63, 3.8) is 0 Å². The highest BCUT2D eigenvalue weighted by Gasteiger charge is 2.28. The van der Waals surface area contributed by atoms with Gasteiger partial charge in [-0.25, -0.2) is 5.84 Å². The second-order valence-corrected chi connectivity index (χ2v) is 9.72. The van der Waals surface area contributed by atoms with Crippen molar-refractivity contribution in [3.05, 3.63) is 71.0 Å². The normalized spacial score (nSPS) is 12.4. The molecule has 2 aromatic carbocycles. The number of esters is 1. The van der Waals surface area contributed by atoms with Crippen molar-refractivity contribution in [1.82, 2.24) is 5.01 Å². The molecule has 1 amide bonds. The number of nitrogens with one attached hydrogen (secondary N) is 1. The maximum absolute atomic E-state index is 12.7. The van der Waals surface area contributed by atoms with E-state index in [2.05, 4.69) is 5.32 Å². The van der Waals surface area contributed by atoms with E-state index < -0.39 is 11.9 Å². The van der Waals surface area contributed by atoms with E-state index in [0.717, 1.165) is 10.5 Å². The standard InChI is InChI=1S/C25H33ClN4O3S/c1-4-33-25(32)23(13-17(2)3)24(31)29-21-9-5-18(6-10-21)14-30(28)15-20(27)16-34-22-11-7-19(26)8-12-22/h5-12,15,17,23H,4,13-14,16,27-28H2,1-3H3,(H,29,31)/b20-15-. The van der Waals surface area contributed by atoms with E-state index in [9.17, 15) is 9.59 Å². The highest BCUT2D eigenvalue weighted by atomic mass is 35.5. The number of ether oxygens (including phenoxy) is 1. The van der Waals surface area contributed by atoms with Crippen molar-refractivity contribution in [1.29, 1.82) is 0 Å². The zero-order chi connectivity index (χ0) is 25.1. The third-order valence-electron chi connectivity index (χ3n) is 4.73. The number of carbonyl (C=O) groups excluding carboxylic acids is 2. The molecule has 0 saturated carbocycles. The van der Waals surface area contributed by atoms with Crippen molar-refractivity contribution in [3.8, 4) is 0 Å². The van der Waals surface area contributed by atoms with Gasteiger partial charge in [-0.3, -0.25) is 9.59 Å². The average Bonchev–Trinajstić information content (AvgIpc) is 2.78. The fraction of sp³-hybridized carbons (Fsp3) is 0.360. The number of nitrogens with two attached hydrogens (primary N) is 2. The summed E-state index contributed by atoms with van der Waals surface area (Å²) in [6, 6.07) is 14.9. The van der Waals surface area contributed by atoms with Crippen molar-refractivity contribution < 1.29 is 14.3 Å². The molecule has 0 saturated heterocycles. The molecule has 2 aromatic rings. The van der Waals surface area contributed by atoms with Gasteiger partial charge in [0.2, 0.25) is 5.91 Å². The van der Waals surface area contributed by atoms with Crippen LogP contribution in [-0.4, -0.2) is 29.2 Å². The lowest BCUT2D eigenvalue weighted by atomic mass is 9.96. The third-order valence-corrected chi connectivity index (χ3v) is 6.07. The maximum Gasteiger partial charge on any atom is 0.318 e. The van der Waals surface area contributed by atoms with Gasteiger partial charge in [-0.1, -0.05) is 37.6 Å². The van der Waals surface area contributed by atoms with E-state index in [0.29, 0.717) is 35.1 Å². The number of hydrogen-bond donors (Lipinski definition) is 3. The molecule has 0 aliphatic heterocycles. The van der Waals surface area contributed by atoms with Gasteiger partial charge in [0, 0.05) is 33.3 Å². The Morgan fingerprint density at radius 2 is 1.79 bits per heavy atom. The number of halogens is 1. The molecule has 2 rings (SSSR count). The Hall–Kier alpha value is -2.68. The minimum absolute atomic E-state index is 0.183. The summed E-state index contributed by atoms with van der Waals surface area (Å²) >= 11 is 7.50. The van der Waals surface area contributed by atoms with Gasteiger partial charge in [0.15, 0.2) is 0 Å². The molecule has 0 spiro atoms. The molecule has 5 N–H and O–H groups in total. The Morgan fingerprint density at radius 1 is 1.15 bits per heavy atom. The third kappa shape index (κ3) is 9.67. The van der Waals surface area contributed by atoms with Crippen LogP contribution < -0.4 is 16.9 Å². The largest absolute Gasteiger partial charge is 0.465 e. The summed E-state index contributed by atoms with van der Waals surface area (Å²) in [6.45, 7) is 6.33. The van der Waals surface area contributed by atoms with E-state index in [4.69, 9.17) is 27.9 Å². The van der Waals surface area contributed by atoms with Crippen LogP contribution in [0.5, 0.6) is 0 Å². The maximum atomic E-state index is 12.7. The zero-order valence-corrected chi connectivity index (χ0v) is 21.4. The minimum atomic E-state index is -0.835. The second-order valence-electron chi connectivity index (χ2n) is 8.24. The number of benzene rings is 2. The number of amides is 1. The Labute approximate surface area is 210 Å². The summed E-state index contributed by atoms with van der Waals surface area (Å²) < 4.78 is 5.06. The van der Waals surface area contributed by atoms with Crippen LogP contribution in [0, 0.1) is 11.8 Å². The van der Waals surface area contributed by atoms with Gasteiger partial charge in [0.05, 0.1) is 13.2 Å². The number of rotatable bonds is 12. The predicted molar refractivity (Wildman–Crippen MR) is 139 cm³/mol. The molecule has 0 heterocycles. The van der Waals surface area contributed by atoms with Gasteiger partial charge in [-0.15, -0.1) is 11.8 Å². The fourth-order valence-corrected chi connectivity index (χ4v) is 4.01. The first-order chi connectivity index (χ1) is 16.2. The molecule has 0 aliphatic carbocycles. The van der Waals surface area contributed by atoms with E-state index in [1.165, 1.54) is 5.01 Å². The Balaban J connectivity index is 1.90. The lowest BCUT2D eigenvalue weighted by Crippen LogP contribution is -2.32. The summed E-state index contributed by atoms with van der Waals surface area (Å²) in [6.07, 6.45) is 2.13. The predicted octanol–water partition coefficient (Wildman–Crippen LogP) is 4.77. The molecule has 0 aliphatic rings. The summed E-state index contributed by atoms with van der Waals surface area (Å²) in [4.78, 5) is 25.9. The lowest BCUT2D eigenvalue weighted by molar-refractivity contribution is -0.151. The molecule has 0 fully saturated rings. The molecule has 9 heteroatoms. The van der Waals surface area contributed by atoms with Crippen LogP contribution >= 0.6 is 23.4 Å². The molecule has 0 bridgehead atoms. The molecular formula is C25H33ClN4O3S. The molecule has 0 radical (unpaired) electrons. The van der Waals surface area contributed by atoms with Crippen LogP contribution in [0.1, 0.15) is 32.8 Å². The van der Waals surface area contributed by atoms with Crippen molar-refractivity contribution >= 4 is 40.9 Å². The summed E-state index contributed by atoms with van der Waals surface area (Å²) in [7, 11) is 0. The SMILES string of the molecule is CCOC(=O)C(CC(C)C)C(=O)Nc1ccc(CN(N)/C=C(\N)CSc2ccc(Cl)cc2)cc1. The Kier molecular flexibility index (Phi) is 11.3. The van der Waals surface area contributed by atoms with Crippen LogP contribution in [0.2, 0.25) is 5.02 Å². The van der Waals surface area contributed by atoms with Crippen LogP contribution in [0.25, 0.3) is 0 Å². The van der Waals surface area contributed by atoms with Crippen molar-refractivity contribution in [2.24, 2.45) is 23.4 Å². The van der Waals surface area contributed by atoms with E-state index in [1.807, 2.05) is 50.2 Å². The molecule has 1 atom stereocenters. The van der Waals surface area contributed by atoms with Crippen LogP contribution in [0.4, 0.5) is 5.69 Å². The van der Waals surface area contributed by atoms with E-state index in [1.54, 1.807) is 37.0 Å². The van der Waals surface area contributed by atoms with Crippen molar-refractivity contribution in [2.45, 2.75) is 38.6 Å². The number of nitrogens with zero attached hydrogens (tertiary/aromatic N) is 1. The molecular weight excluding hydrogens is 472 g/mol. The first kappa shape index (κ1) is 27.6. The molecule has 184 valence electrons. The lowest BCUT2D eigenvalue weighted by Gasteiger charge is -2.18. The highest BCUT2D eigenvalue weighted by molar-refractivity contribution is 7.99. The number of anilines is 1. The van der Waals surface area contributed by atoms with Gasteiger partial charge < -0.3 is 20.8 Å². The molecule has 34 heavy (non-hydrogen) atoms. The van der Waals surface area contributed by atoms with Gasteiger partial charge >= 0.3 is 5.97 Å². The second kappa shape index (κ2) is 13.9. The zero-order valence-electron chi connectivity index (χ0n) is 19.8. The Bertz CT molecular complexity index is 965. The fourth-order valence-electron chi connectivity index (χ4n) is 3.15. The van der Waals surface area contributed by atoms with Crippen LogP contribution in [0.3, 0.4) is 0 Å². The summed E-state index contributed by atoms with van der Waals surface area (Å²) in [5.41, 5.74) is 8.29. The Morgan fingerprint density at radius 3 is 2.38 bits per heavy atom. The quantitative estimate of drug-likeness (QED) is 0.125. The highest BCUT2D eigenvalue weighted by Crippen LogP contribution is 2.22. The molecule has 7 nitrogen and oxygen atoms in total. The van der Waals surface area contributed by atoms with E-state index >= 15 is 0 Å². The average molecular weight is 505 g/mol. The summed E-state index contributed by atoms with van der Waals surface area (Å²) in [5, 5.41) is 5.02. The number of carbonyl (C=O) groups is 2. The summed E-state index contributed by atoms with van der Waals surface area (Å²) in [5.74, 6) is 5.17. The molecule has 0 aromatic heterocycles. The number of hydrogen-bond acceptors (Lipinski definition) is 7. The number of thioether (sulfide) groups is 1. The van der Waals surface area contributed by atoms with Gasteiger partial charge in [-0.2, -0.15) is 0 Å². The van der Waals surface area contributed by atoms with E-state index in [-0.39, 0.29) is 18.4 Å². The smallest absolute Gasteiger partial charge is 0.318 e. The first-order valence-electron chi connectivity index (χ1n) is 11.1. The monoisotopic (exact) mass is 504 g/mol. The van der Waals surface area contributed by atoms with Gasteiger partial charge in [0.25, 0.3) is 0 Å².